The van der Waals surface area contributed by atoms with E-state index in [-0.39, 0.29) is 24.4 Å². The van der Waals surface area contributed by atoms with E-state index < -0.39 is 0 Å². The van der Waals surface area contributed by atoms with Gasteiger partial charge in [-0.15, -0.1) is 12.4 Å². The fourth-order valence-electron chi connectivity index (χ4n) is 1.96. The van der Waals surface area contributed by atoms with E-state index in [1.165, 1.54) is 0 Å². The molecule has 1 aliphatic rings. The van der Waals surface area contributed by atoms with Crippen molar-refractivity contribution in [1.29, 1.82) is 0 Å². The third-order valence-corrected chi connectivity index (χ3v) is 2.91. The summed E-state index contributed by atoms with van der Waals surface area (Å²) in [6, 6.07) is 7.49. The molecule has 1 aliphatic heterocycles. The van der Waals surface area contributed by atoms with Crippen LogP contribution in [-0.4, -0.2) is 38.3 Å². The molecule has 20 heavy (non-hydrogen) atoms. The van der Waals surface area contributed by atoms with Gasteiger partial charge in [0.1, 0.15) is 11.8 Å². The predicted octanol–water partition coefficient (Wildman–Crippen LogP) is 1.11. The summed E-state index contributed by atoms with van der Waals surface area (Å²) in [5.74, 6) is 0.801. The first-order valence-corrected chi connectivity index (χ1v) is 6.60. The molecule has 1 saturated heterocycles. The van der Waals surface area contributed by atoms with Crippen molar-refractivity contribution < 1.29 is 14.3 Å². The lowest BCUT2D eigenvalue weighted by Crippen LogP contribution is -2.51. The molecule has 2 rings (SSSR count). The Morgan fingerprint density at radius 1 is 1.55 bits per heavy atom. The van der Waals surface area contributed by atoms with Crippen LogP contribution in [0.2, 0.25) is 0 Å². The van der Waals surface area contributed by atoms with Gasteiger partial charge in [0.25, 0.3) is 0 Å². The molecule has 1 heterocycles. The normalized spacial score (nSPS) is 17.9. The van der Waals surface area contributed by atoms with Crippen molar-refractivity contribution in [2.24, 2.45) is 0 Å². The zero-order valence-corrected chi connectivity index (χ0v) is 12.4. The molecule has 0 spiro atoms. The molecular weight excluding hydrogens is 280 g/mol. The number of rotatable bonds is 5. The highest BCUT2D eigenvalue weighted by Crippen LogP contribution is 2.13. The zero-order valence-electron chi connectivity index (χ0n) is 11.6. The smallest absolute Gasteiger partial charge is 0.239 e. The lowest BCUT2D eigenvalue weighted by Gasteiger charge is -2.22. The van der Waals surface area contributed by atoms with E-state index in [2.05, 4.69) is 10.6 Å². The number of amides is 1. The van der Waals surface area contributed by atoms with Gasteiger partial charge in [-0.3, -0.25) is 4.79 Å². The Kier molecular flexibility index (Phi) is 7.36. The van der Waals surface area contributed by atoms with Crippen LogP contribution in [0.1, 0.15) is 12.5 Å². The molecule has 1 fully saturated rings. The summed E-state index contributed by atoms with van der Waals surface area (Å²) in [5, 5.41) is 6.03. The standard InChI is InChI=1S/C14H20N2O3.ClH/c1-2-19-12-5-3-4-11(8-12)9-16-14(17)13-10-18-7-6-15-13;/h3-5,8,13,15H,2,6-7,9-10H2,1H3,(H,16,17);1H. The molecule has 0 bridgehead atoms. The van der Waals surface area contributed by atoms with Crippen molar-refractivity contribution in [1.82, 2.24) is 10.6 Å². The van der Waals surface area contributed by atoms with Gasteiger partial charge in [0.2, 0.25) is 5.91 Å². The second-order valence-corrected chi connectivity index (χ2v) is 4.38. The van der Waals surface area contributed by atoms with Crippen LogP contribution in [0.5, 0.6) is 5.75 Å². The minimum absolute atomic E-state index is 0. The third kappa shape index (κ3) is 5.00. The minimum atomic E-state index is -0.246. The SMILES string of the molecule is CCOc1cccc(CNC(=O)C2COCCN2)c1.Cl. The van der Waals surface area contributed by atoms with Crippen molar-refractivity contribution in [3.63, 3.8) is 0 Å². The molecule has 112 valence electrons. The van der Waals surface area contributed by atoms with Crippen LogP contribution < -0.4 is 15.4 Å². The van der Waals surface area contributed by atoms with Crippen LogP contribution in [0.3, 0.4) is 0 Å². The summed E-state index contributed by atoms with van der Waals surface area (Å²) < 4.78 is 10.7. The molecule has 5 nitrogen and oxygen atoms in total. The minimum Gasteiger partial charge on any atom is -0.494 e. The number of ether oxygens (including phenoxy) is 2. The van der Waals surface area contributed by atoms with E-state index in [0.717, 1.165) is 17.9 Å². The number of hydrogen-bond donors (Lipinski definition) is 2. The van der Waals surface area contributed by atoms with Crippen LogP contribution in [0, 0.1) is 0 Å². The quantitative estimate of drug-likeness (QED) is 0.855. The summed E-state index contributed by atoms with van der Waals surface area (Å²) in [6.07, 6.45) is 0. The zero-order chi connectivity index (χ0) is 13.5. The van der Waals surface area contributed by atoms with Gasteiger partial charge in [0, 0.05) is 13.1 Å². The van der Waals surface area contributed by atoms with Crippen molar-refractivity contribution in [2.45, 2.75) is 19.5 Å². The maximum atomic E-state index is 11.9. The van der Waals surface area contributed by atoms with E-state index >= 15 is 0 Å². The average molecular weight is 301 g/mol. The molecular formula is C14H21ClN2O3. The maximum absolute atomic E-state index is 11.9. The molecule has 0 radical (unpaired) electrons. The summed E-state index contributed by atoms with van der Waals surface area (Å²) in [6.45, 7) is 4.91. The number of carbonyl (C=O) groups is 1. The number of carbonyl (C=O) groups excluding carboxylic acids is 1. The highest BCUT2D eigenvalue weighted by Gasteiger charge is 2.20. The van der Waals surface area contributed by atoms with Crippen molar-refractivity contribution >= 4 is 18.3 Å². The lowest BCUT2D eigenvalue weighted by molar-refractivity contribution is -0.126. The van der Waals surface area contributed by atoms with E-state index in [4.69, 9.17) is 9.47 Å². The largest absolute Gasteiger partial charge is 0.494 e. The molecule has 0 aromatic heterocycles. The van der Waals surface area contributed by atoms with Gasteiger partial charge in [-0.2, -0.15) is 0 Å². The Bertz CT molecular complexity index is 423. The number of benzene rings is 1. The van der Waals surface area contributed by atoms with Crippen LogP contribution in [0.25, 0.3) is 0 Å². The van der Waals surface area contributed by atoms with Crippen LogP contribution in [0.4, 0.5) is 0 Å². The topological polar surface area (TPSA) is 59.6 Å². The monoisotopic (exact) mass is 300 g/mol. The van der Waals surface area contributed by atoms with Gasteiger partial charge in [-0.1, -0.05) is 12.1 Å². The molecule has 1 aromatic rings. The fourth-order valence-corrected chi connectivity index (χ4v) is 1.96. The number of halogens is 1. The summed E-state index contributed by atoms with van der Waals surface area (Å²) in [4.78, 5) is 11.9. The van der Waals surface area contributed by atoms with Crippen LogP contribution in [-0.2, 0) is 16.1 Å². The Balaban J connectivity index is 0.00000200. The fraction of sp³-hybridized carbons (Fsp3) is 0.500. The van der Waals surface area contributed by atoms with Gasteiger partial charge in [-0.05, 0) is 24.6 Å². The predicted molar refractivity (Wildman–Crippen MR) is 79.3 cm³/mol. The Morgan fingerprint density at radius 3 is 3.10 bits per heavy atom. The number of hydrogen-bond acceptors (Lipinski definition) is 4. The number of morpholine rings is 1. The first-order chi connectivity index (χ1) is 9.29. The van der Waals surface area contributed by atoms with Crippen molar-refractivity contribution in [2.75, 3.05) is 26.4 Å². The van der Waals surface area contributed by atoms with Crippen molar-refractivity contribution in [3.8, 4) is 5.75 Å². The van der Waals surface area contributed by atoms with E-state index in [9.17, 15) is 4.79 Å². The molecule has 6 heteroatoms. The lowest BCUT2D eigenvalue weighted by atomic mass is 10.2. The molecule has 0 saturated carbocycles. The Labute approximate surface area is 125 Å². The van der Waals surface area contributed by atoms with Gasteiger partial charge < -0.3 is 20.1 Å². The maximum Gasteiger partial charge on any atom is 0.239 e. The van der Waals surface area contributed by atoms with Crippen molar-refractivity contribution in [3.05, 3.63) is 29.8 Å². The first-order valence-electron chi connectivity index (χ1n) is 6.60. The average Bonchev–Trinajstić information content (AvgIpc) is 2.46. The van der Waals surface area contributed by atoms with Crippen LogP contribution >= 0.6 is 12.4 Å². The molecule has 2 N–H and O–H groups in total. The second kappa shape index (κ2) is 8.79. The van der Waals surface area contributed by atoms with E-state index in [0.29, 0.717) is 26.4 Å². The van der Waals surface area contributed by atoms with Gasteiger partial charge in [0.05, 0.1) is 19.8 Å². The van der Waals surface area contributed by atoms with E-state index in [1.54, 1.807) is 0 Å². The molecule has 1 aromatic carbocycles. The molecule has 0 aliphatic carbocycles. The van der Waals surface area contributed by atoms with E-state index in [1.807, 2.05) is 31.2 Å². The molecule has 1 unspecified atom stereocenters. The Hall–Kier alpha value is -1.30. The molecule has 1 atom stereocenters. The Morgan fingerprint density at radius 2 is 2.40 bits per heavy atom. The summed E-state index contributed by atoms with van der Waals surface area (Å²) in [5.41, 5.74) is 1.02. The highest BCUT2D eigenvalue weighted by molar-refractivity contribution is 5.85. The molecule has 1 amide bonds. The van der Waals surface area contributed by atoms with Crippen LogP contribution in [0.15, 0.2) is 24.3 Å². The van der Waals surface area contributed by atoms with Gasteiger partial charge in [0.15, 0.2) is 0 Å². The third-order valence-electron chi connectivity index (χ3n) is 2.91. The summed E-state index contributed by atoms with van der Waals surface area (Å²) >= 11 is 0. The van der Waals surface area contributed by atoms with Gasteiger partial charge in [-0.25, -0.2) is 0 Å². The second-order valence-electron chi connectivity index (χ2n) is 4.38. The highest BCUT2D eigenvalue weighted by atomic mass is 35.5. The van der Waals surface area contributed by atoms with Gasteiger partial charge >= 0.3 is 0 Å². The number of nitrogens with one attached hydrogen (secondary N) is 2. The first kappa shape index (κ1) is 16.8. The summed E-state index contributed by atoms with van der Waals surface area (Å²) in [7, 11) is 0.